The van der Waals surface area contributed by atoms with Crippen LogP contribution in [0.2, 0.25) is 0 Å². The minimum absolute atomic E-state index is 0.0981. The van der Waals surface area contributed by atoms with Crippen molar-refractivity contribution < 1.29 is 14.3 Å². The highest BCUT2D eigenvalue weighted by Crippen LogP contribution is 2.30. The van der Waals surface area contributed by atoms with Crippen LogP contribution in [0.1, 0.15) is 16.1 Å². The molecule has 94 valence electrons. The summed E-state index contributed by atoms with van der Waals surface area (Å²) in [6.45, 7) is 0. The lowest BCUT2D eigenvalue weighted by Gasteiger charge is -2.04. The number of benzene rings is 1. The van der Waals surface area contributed by atoms with Gasteiger partial charge in [0.2, 0.25) is 0 Å². The first-order valence-corrected chi connectivity index (χ1v) is 5.98. The van der Waals surface area contributed by atoms with Crippen molar-refractivity contribution in [1.82, 2.24) is 4.98 Å². The van der Waals surface area contributed by atoms with Gasteiger partial charge in [-0.15, -0.1) is 0 Å². The number of aromatic carboxylic acids is 1. The van der Waals surface area contributed by atoms with Crippen LogP contribution in [-0.2, 0) is 0 Å². The molecule has 2 aromatic rings. The van der Waals surface area contributed by atoms with Gasteiger partial charge in [-0.3, -0.25) is 0 Å². The van der Waals surface area contributed by atoms with Gasteiger partial charge in [0, 0.05) is 16.0 Å². The van der Waals surface area contributed by atoms with Crippen molar-refractivity contribution in [2.24, 2.45) is 0 Å². The topological polar surface area (TPSA) is 74.0 Å². The van der Waals surface area contributed by atoms with Crippen LogP contribution in [0.15, 0.2) is 46.3 Å². The number of pyridine rings is 1. The van der Waals surface area contributed by atoms with Gasteiger partial charge in [0.25, 0.3) is 0 Å². The second-order valence-electron chi connectivity index (χ2n) is 3.54. The third-order valence-corrected chi connectivity index (χ3v) is 3.28. The number of hydrogen-bond acceptors (Lipinski definition) is 4. The standard InChI is InChI=1S/C13H7FN2O2S/c14-10-5-8(7-15)1-2-12(10)19-9-3-4-16-11(6-9)13(17)18/h1-6H,(H,17,18). The minimum atomic E-state index is -1.14. The van der Waals surface area contributed by atoms with Crippen LogP contribution >= 0.6 is 11.8 Å². The van der Waals surface area contributed by atoms with Gasteiger partial charge in [-0.25, -0.2) is 14.2 Å². The van der Waals surface area contributed by atoms with Crippen molar-refractivity contribution >= 4 is 17.7 Å². The molecule has 6 heteroatoms. The van der Waals surface area contributed by atoms with E-state index in [-0.39, 0.29) is 11.3 Å². The van der Waals surface area contributed by atoms with Crippen LogP contribution in [-0.4, -0.2) is 16.1 Å². The molecule has 0 aliphatic carbocycles. The first kappa shape index (κ1) is 13.1. The fourth-order valence-corrected chi connectivity index (χ4v) is 2.22. The van der Waals surface area contributed by atoms with E-state index in [0.717, 1.165) is 17.8 Å². The summed E-state index contributed by atoms with van der Waals surface area (Å²) in [5.41, 5.74) is 0.141. The van der Waals surface area contributed by atoms with Crippen molar-refractivity contribution in [3.8, 4) is 6.07 Å². The Morgan fingerprint density at radius 1 is 1.37 bits per heavy atom. The molecule has 1 aromatic heterocycles. The number of carboxylic acids is 1. The second-order valence-corrected chi connectivity index (χ2v) is 4.66. The third-order valence-electron chi connectivity index (χ3n) is 2.24. The Bertz CT molecular complexity index is 683. The summed E-state index contributed by atoms with van der Waals surface area (Å²) in [6, 6.07) is 8.93. The van der Waals surface area contributed by atoms with Gasteiger partial charge >= 0.3 is 5.97 Å². The number of carboxylic acid groups (broad SMARTS) is 1. The summed E-state index contributed by atoms with van der Waals surface area (Å²) in [5, 5.41) is 17.5. The van der Waals surface area contributed by atoms with Crippen molar-refractivity contribution in [2.75, 3.05) is 0 Å². The Balaban J connectivity index is 2.29. The van der Waals surface area contributed by atoms with Crippen LogP contribution < -0.4 is 0 Å². The molecule has 0 radical (unpaired) electrons. The number of aromatic nitrogens is 1. The quantitative estimate of drug-likeness (QED) is 0.931. The number of rotatable bonds is 3. The summed E-state index contributed by atoms with van der Waals surface area (Å²) in [5.74, 6) is -1.65. The maximum Gasteiger partial charge on any atom is 0.354 e. The Labute approximate surface area is 112 Å². The molecule has 0 fully saturated rings. The van der Waals surface area contributed by atoms with Gasteiger partial charge in [0.05, 0.1) is 11.6 Å². The molecule has 0 atom stereocenters. The number of nitrogens with zero attached hydrogens (tertiary/aromatic N) is 2. The Morgan fingerprint density at radius 2 is 2.16 bits per heavy atom. The molecule has 0 spiro atoms. The molecule has 0 aliphatic heterocycles. The molecule has 0 aliphatic rings. The van der Waals surface area contributed by atoms with E-state index in [2.05, 4.69) is 4.98 Å². The second kappa shape index (κ2) is 5.50. The summed E-state index contributed by atoms with van der Waals surface area (Å²) >= 11 is 1.08. The average Bonchev–Trinajstić information content (AvgIpc) is 2.41. The van der Waals surface area contributed by atoms with E-state index in [4.69, 9.17) is 10.4 Å². The van der Waals surface area contributed by atoms with Gasteiger partial charge < -0.3 is 5.11 Å². The molecule has 1 N–H and O–H groups in total. The first-order chi connectivity index (χ1) is 9.10. The maximum absolute atomic E-state index is 13.7. The Morgan fingerprint density at radius 3 is 2.79 bits per heavy atom. The number of halogens is 1. The van der Waals surface area contributed by atoms with E-state index in [1.54, 1.807) is 6.07 Å². The van der Waals surface area contributed by atoms with Gasteiger partial charge in [0.1, 0.15) is 11.5 Å². The average molecular weight is 274 g/mol. The molecule has 0 amide bonds. The van der Waals surface area contributed by atoms with E-state index in [1.165, 1.54) is 24.4 Å². The highest BCUT2D eigenvalue weighted by atomic mass is 32.2. The molecule has 1 heterocycles. The molecule has 4 nitrogen and oxygen atoms in total. The molecular weight excluding hydrogens is 267 g/mol. The molecule has 19 heavy (non-hydrogen) atoms. The SMILES string of the molecule is N#Cc1ccc(Sc2ccnc(C(=O)O)c2)c(F)c1. The van der Waals surface area contributed by atoms with Crippen molar-refractivity contribution in [3.05, 3.63) is 53.6 Å². The normalized spacial score (nSPS) is 9.89. The fourth-order valence-electron chi connectivity index (χ4n) is 1.37. The van der Waals surface area contributed by atoms with Crippen molar-refractivity contribution in [3.63, 3.8) is 0 Å². The predicted molar refractivity (Wildman–Crippen MR) is 66.4 cm³/mol. The van der Waals surface area contributed by atoms with E-state index in [1.807, 2.05) is 6.07 Å². The fraction of sp³-hybridized carbons (Fsp3) is 0. The summed E-state index contributed by atoms with van der Waals surface area (Å²) < 4.78 is 13.7. The van der Waals surface area contributed by atoms with E-state index >= 15 is 0 Å². The highest BCUT2D eigenvalue weighted by molar-refractivity contribution is 7.99. The molecule has 2 rings (SSSR count). The first-order valence-electron chi connectivity index (χ1n) is 5.17. The molecule has 1 aromatic carbocycles. The lowest BCUT2D eigenvalue weighted by atomic mass is 10.2. The monoisotopic (exact) mass is 274 g/mol. The number of hydrogen-bond donors (Lipinski definition) is 1. The zero-order valence-corrected chi connectivity index (χ0v) is 10.3. The van der Waals surface area contributed by atoms with Gasteiger partial charge in [-0.1, -0.05) is 11.8 Å². The third kappa shape index (κ3) is 3.09. The molecule has 0 saturated carbocycles. The molecule has 0 saturated heterocycles. The van der Waals surface area contributed by atoms with Gasteiger partial charge in [-0.05, 0) is 30.3 Å². The Hall–Kier alpha value is -2.39. The largest absolute Gasteiger partial charge is 0.477 e. The number of nitriles is 1. The molecular formula is C13H7FN2O2S. The predicted octanol–water partition coefficient (Wildman–Crippen LogP) is 2.94. The minimum Gasteiger partial charge on any atom is -0.477 e. The smallest absolute Gasteiger partial charge is 0.354 e. The van der Waals surface area contributed by atoms with Gasteiger partial charge in [0.15, 0.2) is 0 Å². The summed E-state index contributed by atoms with van der Waals surface area (Å²) in [6.07, 6.45) is 1.35. The van der Waals surface area contributed by atoms with Crippen LogP contribution in [0.5, 0.6) is 0 Å². The molecule has 0 bridgehead atoms. The zero-order valence-electron chi connectivity index (χ0n) is 9.50. The van der Waals surface area contributed by atoms with Gasteiger partial charge in [-0.2, -0.15) is 5.26 Å². The van der Waals surface area contributed by atoms with Crippen LogP contribution in [0.4, 0.5) is 4.39 Å². The van der Waals surface area contributed by atoms with E-state index in [9.17, 15) is 9.18 Å². The van der Waals surface area contributed by atoms with Crippen molar-refractivity contribution in [2.45, 2.75) is 9.79 Å². The van der Waals surface area contributed by atoms with Crippen LogP contribution in [0, 0.1) is 17.1 Å². The van der Waals surface area contributed by atoms with Crippen LogP contribution in [0.3, 0.4) is 0 Å². The molecule has 0 unspecified atom stereocenters. The highest BCUT2D eigenvalue weighted by Gasteiger charge is 2.09. The van der Waals surface area contributed by atoms with E-state index in [0.29, 0.717) is 9.79 Å². The summed E-state index contributed by atoms with van der Waals surface area (Å²) in [4.78, 5) is 15.3. The zero-order chi connectivity index (χ0) is 13.8. The summed E-state index contributed by atoms with van der Waals surface area (Å²) in [7, 11) is 0. The van der Waals surface area contributed by atoms with Crippen molar-refractivity contribution in [1.29, 1.82) is 5.26 Å². The Kier molecular flexibility index (Phi) is 3.78. The lowest BCUT2D eigenvalue weighted by Crippen LogP contribution is -1.99. The van der Waals surface area contributed by atoms with E-state index < -0.39 is 11.8 Å². The lowest BCUT2D eigenvalue weighted by molar-refractivity contribution is 0.0690. The van der Waals surface area contributed by atoms with Crippen LogP contribution in [0.25, 0.3) is 0 Å². The maximum atomic E-state index is 13.7. The number of carbonyl (C=O) groups is 1.